The fraction of sp³-hybridized carbons (Fsp3) is 0.480. The smallest absolute Gasteiger partial charge is 0.249 e. The molecule has 6 aliphatic rings. The van der Waals surface area contributed by atoms with E-state index in [0.717, 1.165) is 78.2 Å². The van der Waals surface area contributed by atoms with Gasteiger partial charge in [0.2, 0.25) is 23.6 Å². The maximum Gasteiger partial charge on any atom is 0.249 e. The highest BCUT2D eigenvalue weighted by Gasteiger charge is 2.44. The number of halogens is 1. The minimum Gasteiger partial charge on any atom is -0.349 e. The van der Waals surface area contributed by atoms with Gasteiger partial charge in [-0.2, -0.15) is 0 Å². The molecule has 2 aromatic heterocycles. The van der Waals surface area contributed by atoms with Crippen LogP contribution in [0.1, 0.15) is 116 Å². The van der Waals surface area contributed by atoms with Crippen molar-refractivity contribution in [3.63, 3.8) is 0 Å². The lowest BCUT2D eigenvalue weighted by Crippen LogP contribution is -2.52. The molecule has 10 rings (SSSR count). The standard InChI is InChI=1S/C22H24N4O2.C12H14BrN3O.C10H11NO.C5H13N.CH4/c1-14-22(28)24(2)18-10-12-19(23-21(18)25(14)16-8-9-16)26-17(11-13-20(26)27)15-6-4-3-5-7-15;1-7-12(17)15(2)9-5-6-10(13)14-11(9)16(7)8-3-4-8;12-10-7-6-9(11-10)8-4-2-1-3-5-8;1-3-4-5-6-2;/h3-7,10,12,14,16-17H,8-9,11,13H2,1-2H3;5-8H,3-4H2,1-2H3;1-5,9H,6-7H2,(H,11,12);6H,3-5H2,1-2H3;1H4. The molecule has 4 aromatic rings. The number of carbonyl (C=O) groups excluding carboxylic acids is 4. The van der Waals surface area contributed by atoms with Crippen molar-refractivity contribution in [3.05, 3.63) is 101 Å². The number of nitrogens with zero attached hydrogens (tertiary/aromatic N) is 7. The second kappa shape index (κ2) is 21.6. The van der Waals surface area contributed by atoms with Gasteiger partial charge in [-0.1, -0.05) is 81.4 Å². The number of aromatic nitrogens is 2. The summed E-state index contributed by atoms with van der Waals surface area (Å²) >= 11 is 3.40. The summed E-state index contributed by atoms with van der Waals surface area (Å²) in [5.41, 5.74) is 4.07. The van der Waals surface area contributed by atoms with Crippen molar-refractivity contribution in [2.75, 3.05) is 52.2 Å². The Morgan fingerprint density at radius 1 is 0.688 bits per heavy atom. The van der Waals surface area contributed by atoms with Crippen molar-refractivity contribution in [1.82, 2.24) is 20.6 Å². The van der Waals surface area contributed by atoms with Crippen molar-refractivity contribution in [2.45, 2.75) is 129 Å². The minimum absolute atomic E-state index is 0. The summed E-state index contributed by atoms with van der Waals surface area (Å²) in [6.45, 7) is 7.26. The van der Waals surface area contributed by atoms with E-state index in [4.69, 9.17) is 4.98 Å². The number of nitrogens with one attached hydrogen (secondary N) is 2. The summed E-state index contributed by atoms with van der Waals surface area (Å²) in [6, 6.07) is 28.7. The number of amides is 4. The molecule has 4 unspecified atom stereocenters. The molecule has 0 radical (unpaired) electrons. The van der Waals surface area contributed by atoms with Crippen LogP contribution in [-0.2, 0) is 19.2 Å². The van der Waals surface area contributed by atoms with Crippen molar-refractivity contribution in [2.24, 2.45) is 0 Å². The van der Waals surface area contributed by atoms with Gasteiger partial charge in [-0.05, 0) is 124 Å². The van der Waals surface area contributed by atoms with Gasteiger partial charge in [0.05, 0.1) is 23.5 Å². The second-order valence-electron chi connectivity index (χ2n) is 17.2. The van der Waals surface area contributed by atoms with Gasteiger partial charge < -0.3 is 30.2 Å². The van der Waals surface area contributed by atoms with Crippen LogP contribution in [0.4, 0.5) is 28.8 Å². The number of benzene rings is 2. The quantitative estimate of drug-likeness (QED) is 0.131. The molecule has 4 atom stereocenters. The van der Waals surface area contributed by atoms with Gasteiger partial charge in [0.15, 0.2) is 11.6 Å². The third kappa shape index (κ3) is 10.8. The number of fused-ring (bicyclic) bond motifs is 2. The van der Waals surface area contributed by atoms with Gasteiger partial charge in [0.25, 0.3) is 0 Å². The largest absolute Gasteiger partial charge is 0.349 e. The van der Waals surface area contributed by atoms with Gasteiger partial charge >= 0.3 is 0 Å². The van der Waals surface area contributed by atoms with Crippen LogP contribution < -0.4 is 35.1 Å². The first kappa shape index (κ1) is 48.1. The highest BCUT2D eigenvalue weighted by atomic mass is 79.9. The molecule has 342 valence electrons. The number of hydrogen-bond acceptors (Lipinski definition) is 9. The molecule has 14 heteroatoms. The van der Waals surface area contributed by atoms with Crippen molar-refractivity contribution in [1.29, 1.82) is 0 Å². The SMILES string of the molecule is C.CC1C(=O)N(C)c2ccc(Br)nc2N1C1CC1.CC1C(=O)N(C)c2ccc(N3C(=O)CCC3c3ccccc3)nc2N1C1CC1.CCCCNC.O=C1CCC(c2ccccc2)N1. The van der Waals surface area contributed by atoms with Crippen molar-refractivity contribution in [3.8, 4) is 0 Å². The van der Waals surface area contributed by atoms with Crippen LogP contribution in [0.5, 0.6) is 0 Å². The van der Waals surface area contributed by atoms with E-state index in [2.05, 4.69) is 72.5 Å². The predicted octanol–water partition coefficient (Wildman–Crippen LogP) is 8.74. The Morgan fingerprint density at radius 3 is 1.70 bits per heavy atom. The minimum atomic E-state index is -0.230. The molecule has 0 spiro atoms. The molecular formula is C50H66BrN9O4. The molecule has 2 saturated carbocycles. The first-order valence-electron chi connectivity index (χ1n) is 22.6. The molecule has 6 heterocycles. The molecule has 4 fully saturated rings. The van der Waals surface area contributed by atoms with Crippen LogP contribution in [0.3, 0.4) is 0 Å². The maximum absolute atomic E-state index is 12.7. The summed E-state index contributed by atoms with van der Waals surface area (Å²) in [5.74, 6) is 2.94. The summed E-state index contributed by atoms with van der Waals surface area (Å²) < 4.78 is 0.817. The first-order valence-corrected chi connectivity index (χ1v) is 23.4. The Bertz CT molecular complexity index is 2230. The molecule has 2 saturated heterocycles. The molecule has 0 bridgehead atoms. The van der Waals surface area contributed by atoms with Gasteiger partial charge in [0.1, 0.15) is 22.5 Å². The third-order valence-electron chi connectivity index (χ3n) is 12.6. The second-order valence-corrected chi connectivity index (χ2v) is 18.0. The monoisotopic (exact) mass is 935 g/mol. The van der Waals surface area contributed by atoms with E-state index in [1.165, 1.54) is 18.4 Å². The van der Waals surface area contributed by atoms with Crippen LogP contribution in [0.25, 0.3) is 0 Å². The average Bonchev–Trinajstić information content (AvgIpc) is 4.24. The number of rotatable bonds is 8. The summed E-state index contributed by atoms with van der Waals surface area (Å²) in [5, 5.41) is 6.00. The maximum atomic E-state index is 12.7. The lowest BCUT2D eigenvalue weighted by Gasteiger charge is -2.40. The number of hydrogen-bond donors (Lipinski definition) is 2. The molecule has 4 amide bonds. The Hall–Kier alpha value is -5.34. The van der Waals surface area contributed by atoms with E-state index in [-0.39, 0.29) is 55.2 Å². The summed E-state index contributed by atoms with van der Waals surface area (Å²) in [7, 11) is 5.60. The number of likely N-dealkylation sites (N-methyl/N-ethyl adjacent to an activating group) is 2. The van der Waals surface area contributed by atoms with Crippen LogP contribution >= 0.6 is 15.9 Å². The molecule has 4 aliphatic heterocycles. The van der Waals surface area contributed by atoms with Gasteiger partial charge in [-0.3, -0.25) is 24.1 Å². The average molecular weight is 937 g/mol. The zero-order valence-electron chi connectivity index (χ0n) is 37.5. The lowest BCUT2D eigenvalue weighted by molar-refractivity contribution is -0.120. The third-order valence-corrected chi connectivity index (χ3v) is 13.0. The zero-order chi connectivity index (χ0) is 44.8. The number of carbonyl (C=O) groups is 4. The van der Waals surface area contributed by atoms with E-state index in [1.807, 2.05) is 93.5 Å². The fourth-order valence-electron chi connectivity index (χ4n) is 8.84. The molecule has 2 aromatic carbocycles. The Balaban J connectivity index is 0.000000161. The van der Waals surface area contributed by atoms with E-state index in [1.54, 1.807) is 16.8 Å². The molecule has 2 aliphatic carbocycles. The number of anilines is 5. The molecule has 2 N–H and O–H groups in total. The van der Waals surface area contributed by atoms with E-state index in [9.17, 15) is 19.2 Å². The fourth-order valence-corrected chi connectivity index (χ4v) is 9.14. The first-order chi connectivity index (χ1) is 30.4. The predicted molar refractivity (Wildman–Crippen MR) is 261 cm³/mol. The highest BCUT2D eigenvalue weighted by molar-refractivity contribution is 9.10. The van der Waals surface area contributed by atoms with Crippen molar-refractivity contribution < 1.29 is 19.2 Å². The molecule has 13 nitrogen and oxygen atoms in total. The summed E-state index contributed by atoms with van der Waals surface area (Å²) in [4.78, 5) is 67.5. The van der Waals surface area contributed by atoms with E-state index >= 15 is 0 Å². The molecule has 64 heavy (non-hydrogen) atoms. The van der Waals surface area contributed by atoms with Gasteiger partial charge in [-0.15, -0.1) is 0 Å². The van der Waals surface area contributed by atoms with E-state index in [0.29, 0.717) is 30.7 Å². The Morgan fingerprint density at radius 2 is 1.22 bits per heavy atom. The van der Waals surface area contributed by atoms with Crippen molar-refractivity contribution >= 4 is 68.4 Å². The highest BCUT2D eigenvalue weighted by Crippen LogP contribution is 2.45. The van der Waals surface area contributed by atoms with Crippen LogP contribution in [0.2, 0.25) is 0 Å². The normalized spacial score (nSPS) is 22.2. The Kier molecular flexibility index (Phi) is 16.2. The van der Waals surface area contributed by atoms with Gasteiger partial charge in [-0.25, -0.2) is 9.97 Å². The van der Waals surface area contributed by atoms with Gasteiger partial charge in [0, 0.05) is 39.0 Å². The van der Waals surface area contributed by atoms with E-state index < -0.39 is 0 Å². The van der Waals surface area contributed by atoms with Crippen LogP contribution in [0.15, 0.2) is 89.5 Å². The van der Waals surface area contributed by atoms with Crippen LogP contribution in [-0.4, -0.2) is 85.5 Å². The Labute approximate surface area is 388 Å². The number of unbranched alkanes of at least 4 members (excludes halogenated alkanes) is 1. The number of pyridine rings is 2. The topological polar surface area (TPSA) is 134 Å². The molecular weight excluding hydrogens is 871 g/mol. The lowest BCUT2D eigenvalue weighted by atomic mass is 10.0. The van der Waals surface area contributed by atoms with Crippen LogP contribution in [0, 0.1) is 0 Å². The zero-order valence-corrected chi connectivity index (χ0v) is 39.1. The summed E-state index contributed by atoms with van der Waals surface area (Å²) in [6.07, 6.45) is 10.0.